The number of hydrogen-bond donors (Lipinski definition) is 1. The summed E-state index contributed by atoms with van der Waals surface area (Å²) in [6.45, 7) is 4.51. The van der Waals surface area contributed by atoms with Crippen LogP contribution in [0.25, 0.3) is 0 Å². The molecule has 11 heteroatoms. The summed E-state index contributed by atoms with van der Waals surface area (Å²) in [5, 5.41) is 36.7. The second kappa shape index (κ2) is 10.5. The van der Waals surface area contributed by atoms with Crippen LogP contribution in [0.1, 0.15) is 56.6 Å². The van der Waals surface area contributed by atoms with E-state index in [9.17, 15) is 34.9 Å². The molecule has 0 radical (unpaired) electrons. The fourth-order valence-electron chi connectivity index (χ4n) is 5.82. The highest BCUT2D eigenvalue weighted by molar-refractivity contribution is 9.10. The topological polar surface area (TPSA) is 141 Å². The summed E-state index contributed by atoms with van der Waals surface area (Å²) in [6.07, 6.45) is -0.180. The van der Waals surface area contributed by atoms with Gasteiger partial charge in [0.2, 0.25) is 6.04 Å². The van der Waals surface area contributed by atoms with Crippen molar-refractivity contribution >= 4 is 43.4 Å². The van der Waals surface area contributed by atoms with Crippen LogP contribution in [0.4, 0.5) is 0 Å². The SMILES string of the molecule is CC(C)=O.C[C@@]12C(=O)CC[C@]1(O)[C@@H]([N+](=O)[O-])[C@H](c1ccc(Br)cc1)[C@@H]([N+](=O)[O-])[C@H]2c1ccc(Br)cc1. The normalized spacial score (nSPS) is 31.1. The van der Waals surface area contributed by atoms with Gasteiger partial charge in [-0.05, 0) is 62.6 Å². The highest BCUT2D eigenvalue weighted by Crippen LogP contribution is 2.63. The number of nitro groups is 2. The Balaban J connectivity index is 0.000000840. The maximum atomic E-state index is 13.2. The van der Waals surface area contributed by atoms with Crippen LogP contribution in [0.5, 0.6) is 0 Å². The minimum absolute atomic E-state index is 0.0676. The number of fused-ring (bicyclic) bond motifs is 1. The Morgan fingerprint density at radius 2 is 1.39 bits per heavy atom. The highest BCUT2D eigenvalue weighted by Gasteiger charge is 2.78. The molecule has 0 bridgehead atoms. The van der Waals surface area contributed by atoms with Gasteiger partial charge < -0.3 is 9.90 Å². The lowest BCUT2D eigenvalue weighted by molar-refractivity contribution is -0.599. The first-order valence-corrected chi connectivity index (χ1v) is 12.8. The van der Waals surface area contributed by atoms with Gasteiger partial charge in [0.25, 0.3) is 6.04 Å². The Morgan fingerprint density at radius 1 is 0.944 bits per heavy atom. The molecule has 1 N–H and O–H groups in total. The highest BCUT2D eigenvalue weighted by atomic mass is 79.9. The third-order valence-electron chi connectivity index (χ3n) is 7.33. The first-order valence-electron chi connectivity index (χ1n) is 11.3. The van der Waals surface area contributed by atoms with Gasteiger partial charge in [-0.15, -0.1) is 0 Å². The summed E-state index contributed by atoms with van der Waals surface area (Å²) in [5.41, 5.74) is -2.83. The van der Waals surface area contributed by atoms with E-state index in [1.54, 1.807) is 48.5 Å². The number of benzene rings is 2. The van der Waals surface area contributed by atoms with Gasteiger partial charge >= 0.3 is 0 Å². The van der Waals surface area contributed by atoms with Gasteiger partial charge in [0.05, 0.1) is 11.3 Å². The molecule has 9 nitrogen and oxygen atoms in total. The van der Waals surface area contributed by atoms with Gasteiger partial charge in [-0.2, -0.15) is 0 Å². The molecule has 2 saturated carbocycles. The van der Waals surface area contributed by atoms with Crippen molar-refractivity contribution in [3.63, 3.8) is 0 Å². The van der Waals surface area contributed by atoms with Crippen molar-refractivity contribution in [2.75, 3.05) is 0 Å². The molecule has 0 spiro atoms. The van der Waals surface area contributed by atoms with Gasteiger partial charge in [0, 0.05) is 25.2 Å². The van der Waals surface area contributed by atoms with Crippen molar-refractivity contribution in [2.45, 2.75) is 63.1 Å². The van der Waals surface area contributed by atoms with Gasteiger partial charge in [0.15, 0.2) is 0 Å². The number of aliphatic hydroxyl groups is 1. The molecule has 0 aromatic heterocycles. The lowest BCUT2D eigenvalue weighted by Gasteiger charge is -2.52. The first-order chi connectivity index (χ1) is 16.8. The van der Waals surface area contributed by atoms with E-state index in [1.165, 1.54) is 20.8 Å². The van der Waals surface area contributed by atoms with E-state index in [4.69, 9.17) is 0 Å². The molecule has 2 aliphatic rings. The molecule has 192 valence electrons. The van der Waals surface area contributed by atoms with Crippen LogP contribution in [0.3, 0.4) is 0 Å². The summed E-state index contributed by atoms with van der Waals surface area (Å²) < 4.78 is 1.47. The van der Waals surface area contributed by atoms with E-state index < -0.39 is 44.8 Å². The Labute approximate surface area is 224 Å². The third kappa shape index (κ3) is 4.76. The van der Waals surface area contributed by atoms with Gasteiger partial charge in [-0.25, -0.2) is 0 Å². The predicted octanol–water partition coefficient (Wildman–Crippen LogP) is 5.08. The summed E-state index contributed by atoms with van der Waals surface area (Å²) in [7, 11) is 0. The second-order valence-corrected chi connectivity index (χ2v) is 11.4. The molecule has 6 atom stereocenters. The van der Waals surface area contributed by atoms with Crippen molar-refractivity contribution in [1.29, 1.82) is 0 Å². The van der Waals surface area contributed by atoms with Crippen molar-refractivity contribution in [2.24, 2.45) is 5.41 Å². The standard InChI is InChI=1S/C22H20Br2N2O6.C3H6O/c1-21-16(27)10-11-22(21,28)20(26(31)32)17(12-2-6-14(23)7-3-12)19(25(29)30)18(21)13-4-8-15(24)9-5-13;1-3(2)4/h2-9,17-20,28H,10-11H2,1H3;1-2H3/t17-,18-,19-,20+,21+,22+;/m1./s1. The Kier molecular flexibility index (Phi) is 8.17. The number of Topliss-reactive ketones (excluding diaryl/α,β-unsaturated/α-hetero) is 2. The Morgan fingerprint density at radius 3 is 1.81 bits per heavy atom. The molecule has 0 unspecified atom stereocenters. The minimum atomic E-state index is -2.03. The zero-order valence-corrected chi connectivity index (χ0v) is 23.1. The van der Waals surface area contributed by atoms with Gasteiger partial charge in [-0.3, -0.25) is 25.0 Å². The first kappa shape index (κ1) is 28.1. The summed E-state index contributed by atoms with van der Waals surface area (Å²) in [6, 6.07) is 10.1. The number of carbonyl (C=O) groups is 2. The fourth-order valence-corrected chi connectivity index (χ4v) is 6.35. The zero-order chi connectivity index (χ0) is 27.0. The van der Waals surface area contributed by atoms with Crippen molar-refractivity contribution in [3.8, 4) is 0 Å². The lowest BCUT2D eigenvalue weighted by Crippen LogP contribution is -2.69. The van der Waals surface area contributed by atoms with Crippen molar-refractivity contribution < 1.29 is 24.5 Å². The Bertz CT molecular complexity index is 1180. The minimum Gasteiger partial charge on any atom is -0.382 e. The molecular formula is C25H26Br2N2O7. The molecule has 0 heterocycles. The zero-order valence-electron chi connectivity index (χ0n) is 19.9. The quantitative estimate of drug-likeness (QED) is 0.369. The van der Waals surface area contributed by atoms with Crippen molar-refractivity contribution in [3.05, 3.63) is 88.8 Å². The number of halogens is 2. The lowest BCUT2D eigenvalue weighted by atomic mass is 9.50. The predicted molar refractivity (Wildman–Crippen MR) is 139 cm³/mol. The van der Waals surface area contributed by atoms with E-state index >= 15 is 0 Å². The average molecular weight is 626 g/mol. The van der Waals surface area contributed by atoms with Crippen LogP contribution in [0, 0.1) is 25.6 Å². The molecule has 0 saturated heterocycles. The number of rotatable bonds is 4. The van der Waals surface area contributed by atoms with Crippen LogP contribution in [0.15, 0.2) is 57.5 Å². The second-order valence-electron chi connectivity index (χ2n) is 9.57. The number of hydrogen-bond acceptors (Lipinski definition) is 7. The van der Waals surface area contributed by atoms with Gasteiger partial charge in [-0.1, -0.05) is 56.1 Å². The molecule has 2 aliphatic carbocycles. The molecule has 0 amide bonds. The molecule has 2 aromatic carbocycles. The monoisotopic (exact) mass is 624 g/mol. The average Bonchev–Trinajstić information content (AvgIpc) is 3.02. The van der Waals surface area contributed by atoms with Crippen LogP contribution in [-0.4, -0.2) is 44.2 Å². The van der Waals surface area contributed by atoms with Gasteiger partial charge in [0.1, 0.15) is 23.1 Å². The largest absolute Gasteiger partial charge is 0.382 e. The van der Waals surface area contributed by atoms with E-state index in [-0.39, 0.29) is 24.4 Å². The molecular weight excluding hydrogens is 600 g/mol. The van der Waals surface area contributed by atoms with E-state index in [2.05, 4.69) is 31.9 Å². The summed E-state index contributed by atoms with van der Waals surface area (Å²) in [4.78, 5) is 46.4. The maximum Gasteiger partial charge on any atom is 0.255 e. The maximum absolute atomic E-state index is 13.2. The number of carbonyl (C=O) groups excluding carboxylic acids is 2. The van der Waals surface area contributed by atoms with Crippen LogP contribution in [-0.2, 0) is 9.59 Å². The van der Waals surface area contributed by atoms with Crippen molar-refractivity contribution in [1.82, 2.24) is 0 Å². The fraction of sp³-hybridized carbons (Fsp3) is 0.440. The van der Waals surface area contributed by atoms with Crippen LogP contribution in [0.2, 0.25) is 0 Å². The molecule has 0 aliphatic heterocycles. The van der Waals surface area contributed by atoms with E-state index in [1.807, 2.05) is 0 Å². The molecule has 36 heavy (non-hydrogen) atoms. The van der Waals surface area contributed by atoms with Crippen LogP contribution >= 0.6 is 31.9 Å². The van der Waals surface area contributed by atoms with E-state index in [0.717, 1.165) is 8.95 Å². The number of ketones is 2. The van der Waals surface area contributed by atoms with E-state index in [0.29, 0.717) is 11.1 Å². The van der Waals surface area contributed by atoms with Crippen LogP contribution < -0.4 is 0 Å². The molecule has 4 rings (SSSR count). The molecule has 2 aromatic rings. The third-order valence-corrected chi connectivity index (χ3v) is 8.38. The Hall–Kier alpha value is -2.50. The number of nitrogens with zero attached hydrogens (tertiary/aromatic N) is 2. The summed E-state index contributed by atoms with van der Waals surface area (Å²) >= 11 is 6.66. The molecule has 2 fully saturated rings. The summed E-state index contributed by atoms with van der Waals surface area (Å²) in [5.74, 6) is -2.50. The smallest absolute Gasteiger partial charge is 0.255 e.